The van der Waals surface area contributed by atoms with E-state index in [-0.39, 0.29) is 61.1 Å². The average Bonchev–Trinajstić information content (AvgIpc) is 3.21. The molecule has 1 aliphatic heterocycles. The van der Waals surface area contributed by atoms with Gasteiger partial charge in [-0.15, -0.1) is 10.2 Å². The van der Waals surface area contributed by atoms with Crippen LogP contribution in [0, 0.1) is 0 Å². The molecule has 0 aliphatic carbocycles. The molecule has 1 fully saturated rings. The summed E-state index contributed by atoms with van der Waals surface area (Å²) in [5.41, 5.74) is -0.153. The number of piperazine rings is 1. The van der Waals surface area contributed by atoms with Crippen LogP contribution in [0.25, 0.3) is 0 Å². The Labute approximate surface area is 196 Å². The van der Waals surface area contributed by atoms with Crippen molar-refractivity contribution < 1.29 is 18.0 Å². The molecule has 1 aromatic carbocycles. The number of aromatic nitrogens is 2. The quantitative estimate of drug-likeness (QED) is 0.653. The van der Waals surface area contributed by atoms with E-state index in [1.807, 2.05) is 20.8 Å². The van der Waals surface area contributed by atoms with Crippen molar-refractivity contribution in [2.45, 2.75) is 43.9 Å². The summed E-state index contributed by atoms with van der Waals surface area (Å²) >= 11 is 7.14. The molecule has 12 heteroatoms. The molecular formula is C20H26ClN5O4S2. The van der Waals surface area contributed by atoms with Gasteiger partial charge in [-0.1, -0.05) is 43.7 Å². The van der Waals surface area contributed by atoms with Crippen LogP contribution in [0.2, 0.25) is 5.02 Å². The molecule has 0 atom stereocenters. The molecule has 0 saturated carbocycles. The molecule has 1 saturated heterocycles. The van der Waals surface area contributed by atoms with Crippen molar-refractivity contribution in [1.82, 2.24) is 19.4 Å². The number of nitrogens with one attached hydrogen (secondary N) is 1. The Morgan fingerprint density at radius 2 is 1.69 bits per heavy atom. The fourth-order valence-electron chi connectivity index (χ4n) is 3.07. The summed E-state index contributed by atoms with van der Waals surface area (Å²) in [6.45, 7) is 6.98. The molecular weight excluding hydrogens is 474 g/mol. The molecule has 0 spiro atoms. The van der Waals surface area contributed by atoms with Crippen molar-refractivity contribution in [2.75, 3.05) is 31.5 Å². The van der Waals surface area contributed by atoms with Crippen LogP contribution in [0.4, 0.5) is 5.13 Å². The first-order valence-corrected chi connectivity index (χ1v) is 12.8. The minimum Gasteiger partial charge on any atom is -0.340 e. The molecule has 0 unspecified atom stereocenters. The topological polar surface area (TPSA) is 113 Å². The molecule has 1 aromatic heterocycles. The van der Waals surface area contributed by atoms with E-state index < -0.39 is 10.0 Å². The van der Waals surface area contributed by atoms with Gasteiger partial charge in [0.05, 0.1) is 4.90 Å². The Balaban J connectivity index is 1.46. The first-order valence-electron chi connectivity index (χ1n) is 10.1. The van der Waals surface area contributed by atoms with Crippen LogP contribution >= 0.6 is 22.9 Å². The second-order valence-electron chi connectivity index (χ2n) is 8.45. The molecule has 2 aromatic rings. The second kappa shape index (κ2) is 9.82. The van der Waals surface area contributed by atoms with E-state index in [9.17, 15) is 18.0 Å². The fourth-order valence-corrected chi connectivity index (χ4v) is 5.44. The minimum absolute atomic E-state index is 0.0204. The zero-order chi connectivity index (χ0) is 23.5. The van der Waals surface area contributed by atoms with Gasteiger partial charge in [-0.25, -0.2) is 8.42 Å². The summed E-state index contributed by atoms with van der Waals surface area (Å²) in [6, 6.07) is 6.00. The van der Waals surface area contributed by atoms with Crippen LogP contribution < -0.4 is 5.32 Å². The van der Waals surface area contributed by atoms with Crippen LogP contribution in [0.5, 0.6) is 0 Å². The standard InChI is InChI=1S/C20H26ClN5O4S2/c1-20(2,3)18-23-24-19(31-18)22-16(27)8-9-17(28)25-10-12-26(13-11-25)32(29,30)15-6-4-14(21)5-7-15/h4-7H,8-13H2,1-3H3,(H,22,24,27). The van der Waals surface area contributed by atoms with Gasteiger partial charge in [-0.3, -0.25) is 9.59 Å². The van der Waals surface area contributed by atoms with Crippen LogP contribution in [0.1, 0.15) is 38.6 Å². The number of hydrogen-bond donors (Lipinski definition) is 1. The maximum atomic E-state index is 12.7. The summed E-state index contributed by atoms with van der Waals surface area (Å²) in [5.74, 6) is -0.491. The van der Waals surface area contributed by atoms with E-state index in [2.05, 4.69) is 15.5 Å². The molecule has 1 N–H and O–H groups in total. The number of carbonyl (C=O) groups is 2. The highest BCUT2D eigenvalue weighted by Gasteiger charge is 2.30. The Bertz CT molecular complexity index is 1070. The first-order chi connectivity index (χ1) is 15.0. The summed E-state index contributed by atoms with van der Waals surface area (Å²) in [6.07, 6.45) is 0.0627. The molecule has 9 nitrogen and oxygen atoms in total. The second-order valence-corrected chi connectivity index (χ2v) is 11.8. The Kier molecular flexibility index (Phi) is 7.53. The molecule has 2 heterocycles. The summed E-state index contributed by atoms with van der Waals surface area (Å²) in [5, 5.41) is 12.4. The van der Waals surface area contributed by atoms with E-state index in [0.717, 1.165) is 5.01 Å². The number of hydrogen-bond acceptors (Lipinski definition) is 7. The van der Waals surface area contributed by atoms with Crippen LogP contribution in [0.3, 0.4) is 0 Å². The van der Waals surface area contributed by atoms with E-state index >= 15 is 0 Å². The number of rotatable bonds is 6. The van der Waals surface area contributed by atoms with Gasteiger partial charge >= 0.3 is 0 Å². The van der Waals surface area contributed by atoms with Crippen LogP contribution in [-0.2, 0) is 25.0 Å². The molecule has 32 heavy (non-hydrogen) atoms. The third kappa shape index (κ3) is 6.03. The van der Waals surface area contributed by atoms with Gasteiger partial charge in [0.1, 0.15) is 5.01 Å². The lowest BCUT2D eigenvalue weighted by Gasteiger charge is -2.34. The third-order valence-electron chi connectivity index (χ3n) is 4.92. The van der Waals surface area contributed by atoms with E-state index in [0.29, 0.717) is 10.2 Å². The molecule has 0 radical (unpaired) electrons. The molecule has 2 amide bonds. The number of benzene rings is 1. The highest BCUT2D eigenvalue weighted by molar-refractivity contribution is 7.89. The van der Waals surface area contributed by atoms with Gasteiger partial charge in [0, 0.05) is 49.5 Å². The lowest BCUT2D eigenvalue weighted by Crippen LogP contribution is -2.50. The SMILES string of the molecule is CC(C)(C)c1nnc(NC(=O)CCC(=O)N2CCN(S(=O)(=O)c3ccc(Cl)cc3)CC2)s1. The molecule has 1 aliphatic rings. The van der Waals surface area contributed by atoms with E-state index in [4.69, 9.17) is 11.6 Å². The Morgan fingerprint density at radius 3 is 2.25 bits per heavy atom. The number of anilines is 1. The lowest BCUT2D eigenvalue weighted by atomic mass is 9.98. The van der Waals surface area contributed by atoms with Gasteiger partial charge in [-0.05, 0) is 24.3 Å². The molecule has 3 rings (SSSR count). The zero-order valence-corrected chi connectivity index (χ0v) is 20.6. The largest absolute Gasteiger partial charge is 0.340 e. The number of amides is 2. The van der Waals surface area contributed by atoms with Crippen molar-refractivity contribution in [3.63, 3.8) is 0 Å². The third-order valence-corrected chi connectivity index (χ3v) is 8.35. The van der Waals surface area contributed by atoms with E-state index in [1.165, 1.54) is 39.9 Å². The van der Waals surface area contributed by atoms with Gasteiger partial charge in [0.15, 0.2) is 0 Å². The van der Waals surface area contributed by atoms with Crippen LogP contribution in [0.15, 0.2) is 29.2 Å². The van der Waals surface area contributed by atoms with Gasteiger partial charge < -0.3 is 10.2 Å². The van der Waals surface area contributed by atoms with Crippen molar-refractivity contribution >= 4 is 49.9 Å². The van der Waals surface area contributed by atoms with Crippen molar-refractivity contribution in [3.05, 3.63) is 34.3 Å². The molecule has 174 valence electrons. The minimum atomic E-state index is -3.64. The normalized spacial score (nSPS) is 15.6. The number of carbonyl (C=O) groups excluding carboxylic acids is 2. The highest BCUT2D eigenvalue weighted by atomic mass is 35.5. The number of halogens is 1. The smallest absolute Gasteiger partial charge is 0.243 e. The number of sulfonamides is 1. The monoisotopic (exact) mass is 499 g/mol. The van der Waals surface area contributed by atoms with Crippen LogP contribution in [-0.4, -0.2) is 65.8 Å². The highest BCUT2D eigenvalue weighted by Crippen LogP contribution is 2.27. The summed E-state index contributed by atoms with van der Waals surface area (Å²) in [7, 11) is -3.64. The van der Waals surface area contributed by atoms with Crippen molar-refractivity contribution in [3.8, 4) is 0 Å². The average molecular weight is 500 g/mol. The summed E-state index contributed by atoms with van der Waals surface area (Å²) in [4.78, 5) is 26.4. The molecule has 0 bridgehead atoms. The first kappa shape index (κ1) is 24.6. The fraction of sp³-hybridized carbons (Fsp3) is 0.500. The maximum absolute atomic E-state index is 12.7. The van der Waals surface area contributed by atoms with Crippen molar-refractivity contribution in [2.24, 2.45) is 0 Å². The summed E-state index contributed by atoms with van der Waals surface area (Å²) < 4.78 is 26.8. The van der Waals surface area contributed by atoms with Gasteiger partial charge in [-0.2, -0.15) is 4.31 Å². The predicted octanol–water partition coefficient (Wildman–Crippen LogP) is 2.74. The van der Waals surface area contributed by atoms with E-state index in [1.54, 1.807) is 4.90 Å². The van der Waals surface area contributed by atoms with Gasteiger partial charge in [0.2, 0.25) is 27.0 Å². The Morgan fingerprint density at radius 1 is 1.06 bits per heavy atom. The predicted molar refractivity (Wildman–Crippen MR) is 123 cm³/mol. The zero-order valence-electron chi connectivity index (χ0n) is 18.2. The lowest BCUT2D eigenvalue weighted by molar-refractivity contribution is -0.133. The van der Waals surface area contributed by atoms with Crippen molar-refractivity contribution in [1.29, 1.82) is 0 Å². The Hall–Kier alpha value is -2.08. The van der Waals surface area contributed by atoms with Gasteiger partial charge in [0.25, 0.3) is 0 Å². The number of nitrogens with zero attached hydrogens (tertiary/aromatic N) is 4. The maximum Gasteiger partial charge on any atom is 0.243 e.